The number of benzene rings is 2. The normalized spacial score (nSPS) is 17.7. The van der Waals surface area contributed by atoms with Gasteiger partial charge in [0.25, 0.3) is 0 Å². The second-order valence-corrected chi connectivity index (χ2v) is 10.3. The van der Waals surface area contributed by atoms with Crippen molar-refractivity contribution in [3.05, 3.63) is 35.9 Å². The number of hydrogen-bond donors (Lipinski definition) is 7. The molecule has 1 aliphatic rings. The maximum Gasteiger partial charge on any atom is 0.198 e. The van der Waals surface area contributed by atoms with Crippen molar-refractivity contribution in [1.82, 2.24) is 19.8 Å². The van der Waals surface area contributed by atoms with Crippen LogP contribution < -0.4 is 38.8 Å². The van der Waals surface area contributed by atoms with Crippen molar-refractivity contribution in [3.8, 4) is 11.1 Å². The zero-order valence-electron chi connectivity index (χ0n) is 19.1. The molecule has 1 fully saturated rings. The quantitative estimate of drug-likeness (QED) is 0.0502. The summed E-state index contributed by atoms with van der Waals surface area (Å²) in [6.07, 6.45) is 0.877. The Balaban J connectivity index is 1.97. The molecule has 35 heavy (non-hydrogen) atoms. The minimum absolute atomic E-state index is 0.0718. The lowest BCUT2D eigenvalue weighted by Gasteiger charge is -2.26. The number of aromatic nitrogens is 2. The zero-order valence-corrected chi connectivity index (χ0v) is 20.7. The third kappa shape index (κ3) is 4.92. The van der Waals surface area contributed by atoms with Crippen LogP contribution in [0.25, 0.3) is 22.2 Å². The smallest absolute Gasteiger partial charge is 0.198 e. The summed E-state index contributed by atoms with van der Waals surface area (Å²) in [7, 11) is 0.213. The number of hydrazine groups is 1. The molecule has 13 nitrogen and oxygen atoms in total. The first kappa shape index (κ1) is 25.2. The first-order valence-electron chi connectivity index (χ1n) is 10.7. The number of hydrogen-bond acceptors (Lipinski definition) is 11. The molecular formula is C20H29N11O2S2. The van der Waals surface area contributed by atoms with E-state index in [1.165, 1.54) is 0 Å². The maximum absolute atomic E-state index is 13.8. The lowest BCUT2D eigenvalue weighted by atomic mass is 9.96. The number of aromatic amines is 1. The summed E-state index contributed by atoms with van der Waals surface area (Å²) in [5.41, 5.74) is 24.2. The molecule has 1 aromatic heterocycles. The molecule has 188 valence electrons. The van der Waals surface area contributed by atoms with Gasteiger partial charge in [-0.15, -0.1) is 5.10 Å². The third-order valence-corrected chi connectivity index (χ3v) is 7.88. The molecule has 2 unspecified atom stereocenters. The van der Waals surface area contributed by atoms with Gasteiger partial charge in [0.1, 0.15) is 23.2 Å². The average Bonchev–Trinajstić information content (AvgIpc) is 3.48. The number of nitrogens with two attached hydrogens (primary N) is 5. The molecule has 0 aliphatic carbocycles. The van der Waals surface area contributed by atoms with Crippen LogP contribution in [0.2, 0.25) is 0 Å². The molecule has 2 heterocycles. The predicted molar refractivity (Wildman–Crippen MR) is 140 cm³/mol. The maximum atomic E-state index is 13.8. The van der Waals surface area contributed by atoms with E-state index in [-0.39, 0.29) is 17.7 Å². The SMILES string of the molecule is CN(SON)c1c(S(=O)N2CCC(CN)C2)ccc(-c2cccc3[nH]c(N)nc23)c1/C(N)=N/NN. The van der Waals surface area contributed by atoms with Crippen LogP contribution in [-0.4, -0.2) is 51.0 Å². The fraction of sp³-hybridized carbons (Fsp3) is 0.300. The first-order chi connectivity index (χ1) is 16.9. The summed E-state index contributed by atoms with van der Waals surface area (Å²) in [5.74, 6) is 11.5. The minimum Gasteiger partial charge on any atom is -0.382 e. The molecule has 4 rings (SSSR count). The van der Waals surface area contributed by atoms with E-state index in [2.05, 4.69) is 20.6 Å². The highest BCUT2D eigenvalue weighted by molar-refractivity contribution is 7.96. The molecule has 12 N–H and O–H groups in total. The van der Waals surface area contributed by atoms with Crippen LogP contribution >= 0.6 is 12.2 Å². The zero-order chi connectivity index (χ0) is 25.1. The molecule has 15 heteroatoms. The van der Waals surface area contributed by atoms with Crippen LogP contribution in [-0.2, 0) is 15.3 Å². The summed E-state index contributed by atoms with van der Waals surface area (Å²) in [5, 5.41) is 4.02. The Kier molecular flexibility index (Phi) is 7.75. The van der Waals surface area contributed by atoms with Crippen molar-refractivity contribution in [3.63, 3.8) is 0 Å². The topological polar surface area (TPSA) is 216 Å². The molecule has 0 bridgehead atoms. The monoisotopic (exact) mass is 519 g/mol. The molecule has 0 saturated carbocycles. The number of H-pyrrole nitrogens is 1. The number of nitrogen functional groups attached to an aromatic ring is 1. The largest absolute Gasteiger partial charge is 0.382 e. The van der Waals surface area contributed by atoms with Crippen LogP contribution in [0.3, 0.4) is 0 Å². The number of para-hydroxylation sites is 1. The summed E-state index contributed by atoms with van der Waals surface area (Å²) >= 11 is 0.859. The van der Waals surface area contributed by atoms with E-state index >= 15 is 0 Å². The molecule has 1 aliphatic heterocycles. The van der Waals surface area contributed by atoms with Gasteiger partial charge in [-0.3, -0.25) is 4.31 Å². The Morgan fingerprint density at radius 1 is 1.40 bits per heavy atom. The highest BCUT2D eigenvalue weighted by atomic mass is 32.2. The van der Waals surface area contributed by atoms with E-state index in [9.17, 15) is 4.21 Å². The standard InChI is InChI=1S/C20H29N11O2S2/c1-30(34-33-25)18-15(35(32)31-8-7-11(9-21)10-31)6-5-12(16(18)19(22)28-29-24)13-3-2-4-14-17(13)27-20(23)26-14/h2-6,11,29H,7-10,21,24-25H2,1H3,(H2,22,28)(H3,23,26,27). The number of anilines is 2. The van der Waals surface area contributed by atoms with Crippen LogP contribution in [0.1, 0.15) is 12.0 Å². The van der Waals surface area contributed by atoms with Gasteiger partial charge in [-0.2, -0.15) is 0 Å². The highest BCUT2D eigenvalue weighted by Crippen LogP contribution is 2.41. The number of nitrogens with zero attached hydrogens (tertiary/aromatic N) is 4. The van der Waals surface area contributed by atoms with Crippen LogP contribution in [0, 0.1) is 5.92 Å². The van der Waals surface area contributed by atoms with Crippen LogP contribution in [0.15, 0.2) is 40.3 Å². The molecular weight excluding hydrogens is 490 g/mol. The van der Waals surface area contributed by atoms with Crippen molar-refractivity contribution in [1.29, 1.82) is 0 Å². The third-order valence-electron chi connectivity index (χ3n) is 5.88. The van der Waals surface area contributed by atoms with Gasteiger partial charge in [-0.25, -0.2) is 35.1 Å². The Labute approximate surface area is 209 Å². The van der Waals surface area contributed by atoms with Gasteiger partial charge in [0, 0.05) is 25.7 Å². The number of amidine groups is 1. The molecule has 0 spiro atoms. The Morgan fingerprint density at radius 2 is 2.20 bits per heavy atom. The number of fused-ring (bicyclic) bond motifs is 1. The van der Waals surface area contributed by atoms with Crippen molar-refractivity contribution >= 4 is 51.7 Å². The van der Waals surface area contributed by atoms with Crippen molar-refractivity contribution in [2.24, 2.45) is 34.2 Å². The molecule has 0 radical (unpaired) electrons. The minimum atomic E-state index is -1.51. The van der Waals surface area contributed by atoms with Crippen molar-refractivity contribution in [2.75, 3.05) is 36.7 Å². The molecule has 2 aromatic carbocycles. The Hall–Kier alpha value is -2.92. The van der Waals surface area contributed by atoms with Gasteiger partial charge in [-0.1, -0.05) is 18.2 Å². The number of hydrazone groups is 1. The van der Waals surface area contributed by atoms with Gasteiger partial charge in [0.05, 0.1) is 27.2 Å². The fourth-order valence-corrected chi connectivity index (χ4v) is 6.22. The lowest BCUT2D eigenvalue weighted by Crippen LogP contribution is -2.29. The Bertz CT molecular complexity index is 1270. The van der Waals surface area contributed by atoms with Crippen molar-refractivity contribution < 1.29 is 8.49 Å². The summed E-state index contributed by atoms with van der Waals surface area (Å²) in [6, 6.07) is 9.27. The summed E-state index contributed by atoms with van der Waals surface area (Å²) in [6.45, 7) is 1.83. The number of nitrogens with one attached hydrogen (secondary N) is 2. The second kappa shape index (κ2) is 10.8. The highest BCUT2D eigenvalue weighted by Gasteiger charge is 2.31. The Morgan fingerprint density at radius 3 is 2.89 bits per heavy atom. The molecule has 3 aromatic rings. The fourth-order valence-electron chi connectivity index (χ4n) is 4.28. The van der Waals surface area contributed by atoms with Gasteiger partial charge >= 0.3 is 0 Å². The molecule has 1 saturated heterocycles. The summed E-state index contributed by atoms with van der Waals surface area (Å²) < 4.78 is 22.1. The predicted octanol–water partition coefficient (Wildman–Crippen LogP) is 0.0886. The van der Waals surface area contributed by atoms with E-state index in [4.69, 9.17) is 33.2 Å². The van der Waals surface area contributed by atoms with Gasteiger partial charge in [0.15, 0.2) is 11.8 Å². The van der Waals surface area contributed by atoms with E-state index in [1.807, 2.05) is 28.6 Å². The van der Waals surface area contributed by atoms with Crippen molar-refractivity contribution in [2.45, 2.75) is 11.3 Å². The van der Waals surface area contributed by atoms with Gasteiger partial charge < -0.3 is 22.2 Å². The molecule has 2 atom stereocenters. The van der Waals surface area contributed by atoms with E-state index in [0.29, 0.717) is 46.9 Å². The molecule has 0 amide bonds. The van der Waals surface area contributed by atoms with Gasteiger partial charge in [0.2, 0.25) is 0 Å². The van der Waals surface area contributed by atoms with Crippen LogP contribution in [0.5, 0.6) is 0 Å². The van der Waals surface area contributed by atoms with E-state index in [0.717, 1.165) is 29.7 Å². The second-order valence-electron chi connectivity index (χ2n) is 7.98. The average molecular weight is 520 g/mol. The summed E-state index contributed by atoms with van der Waals surface area (Å²) in [4.78, 5) is 7.99. The lowest BCUT2D eigenvalue weighted by molar-refractivity contribution is 0.397. The first-order valence-corrected chi connectivity index (χ1v) is 12.5. The van der Waals surface area contributed by atoms with Crippen LogP contribution in [0.4, 0.5) is 11.6 Å². The van der Waals surface area contributed by atoms with E-state index in [1.54, 1.807) is 17.4 Å². The van der Waals surface area contributed by atoms with Gasteiger partial charge in [-0.05, 0) is 36.6 Å². The number of imidazole rings is 1. The number of rotatable bonds is 9. The van der Waals surface area contributed by atoms with E-state index < -0.39 is 11.0 Å².